The van der Waals surface area contributed by atoms with Gasteiger partial charge in [-0.2, -0.15) is 4.98 Å². The van der Waals surface area contributed by atoms with Crippen molar-refractivity contribution in [2.75, 3.05) is 19.0 Å². The van der Waals surface area contributed by atoms with E-state index in [2.05, 4.69) is 24.0 Å². The molecule has 1 unspecified atom stereocenters. The molecule has 0 spiro atoms. The Morgan fingerprint density at radius 3 is 2.50 bits per heavy atom. The van der Waals surface area contributed by atoms with Gasteiger partial charge in [0.15, 0.2) is 0 Å². The second kappa shape index (κ2) is 4.41. The average Bonchev–Trinajstić information content (AvgIpc) is 2.50. The van der Waals surface area contributed by atoms with Crippen LogP contribution >= 0.6 is 0 Å². The zero-order chi connectivity index (χ0) is 10.7. The SMILES string of the molecule is CC(C)CC(N)c1nc(N(C)C)no1. The number of rotatable bonds is 4. The van der Waals surface area contributed by atoms with Gasteiger partial charge in [-0.15, -0.1) is 0 Å². The van der Waals surface area contributed by atoms with Gasteiger partial charge >= 0.3 is 0 Å². The molecule has 80 valence electrons. The standard InChI is InChI=1S/C9H18N4O/c1-6(2)5-7(10)8-11-9(12-14-8)13(3)4/h6-7H,5,10H2,1-4H3. The Morgan fingerprint density at radius 1 is 1.43 bits per heavy atom. The van der Waals surface area contributed by atoms with Crippen LogP contribution in [0.5, 0.6) is 0 Å². The maximum atomic E-state index is 5.89. The van der Waals surface area contributed by atoms with Gasteiger partial charge in [0.05, 0.1) is 6.04 Å². The molecular weight excluding hydrogens is 180 g/mol. The fraction of sp³-hybridized carbons (Fsp3) is 0.778. The highest BCUT2D eigenvalue weighted by molar-refractivity contribution is 5.24. The van der Waals surface area contributed by atoms with Crippen molar-refractivity contribution in [2.24, 2.45) is 11.7 Å². The maximum Gasteiger partial charge on any atom is 0.265 e. The Kier molecular flexibility index (Phi) is 3.46. The molecule has 0 aliphatic carbocycles. The first-order chi connectivity index (χ1) is 6.50. The van der Waals surface area contributed by atoms with E-state index in [-0.39, 0.29) is 6.04 Å². The van der Waals surface area contributed by atoms with Crippen LogP contribution in [0.4, 0.5) is 5.95 Å². The first kappa shape index (κ1) is 11.0. The monoisotopic (exact) mass is 198 g/mol. The summed E-state index contributed by atoms with van der Waals surface area (Å²) >= 11 is 0. The third-order valence-electron chi connectivity index (χ3n) is 1.87. The fourth-order valence-electron chi connectivity index (χ4n) is 1.17. The summed E-state index contributed by atoms with van der Waals surface area (Å²) < 4.78 is 5.06. The number of aromatic nitrogens is 2. The number of hydrogen-bond donors (Lipinski definition) is 1. The summed E-state index contributed by atoms with van der Waals surface area (Å²) in [6, 6.07) is -0.156. The van der Waals surface area contributed by atoms with Crippen molar-refractivity contribution in [3.63, 3.8) is 0 Å². The third-order valence-corrected chi connectivity index (χ3v) is 1.87. The highest BCUT2D eigenvalue weighted by Gasteiger charge is 2.16. The molecule has 0 saturated carbocycles. The van der Waals surface area contributed by atoms with Crippen molar-refractivity contribution >= 4 is 5.95 Å². The van der Waals surface area contributed by atoms with Crippen LogP contribution < -0.4 is 10.6 Å². The summed E-state index contributed by atoms with van der Waals surface area (Å²) in [5.74, 6) is 1.61. The number of anilines is 1. The van der Waals surface area contributed by atoms with Crippen molar-refractivity contribution in [2.45, 2.75) is 26.3 Å². The lowest BCUT2D eigenvalue weighted by Gasteiger charge is -2.08. The van der Waals surface area contributed by atoms with E-state index < -0.39 is 0 Å². The molecule has 1 heterocycles. The molecule has 0 radical (unpaired) electrons. The van der Waals surface area contributed by atoms with E-state index in [1.807, 2.05) is 14.1 Å². The van der Waals surface area contributed by atoms with Crippen LogP contribution in [0.15, 0.2) is 4.52 Å². The zero-order valence-corrected chi connectivity index (χ0v) is 9.19. The summed E-state index contributed by atoms with van der Waals surface area (Å²) in [6.45, 7) is 4.23. The van der Waals surface area contributed by atoms with Crippen LogP contribution in [0, 0.1) is 5.92 Å². The largest absolute Gasteiger partial charge is 0.344 e. The van der Waals surface area contributed by atoms with E-state index in [9.17, 15) is 0 Å². The molecule has 0 saturated heterocycles. The molecule has 1 aromatic heterocycles. The van der Waals surface area contributed by atoms with Crippen molar-refractivity contribution in [1.82, 2.24) is 10.1 Å². The van der Waals surface area contributed by atoms with E-state index in [4.69, 9.17) is 10.3 Å². The third kappa shape index (κ3) is 2.70. The van der Waals surface area contributed by atoms with Crippen LogP contribution in [0.1, 0.15) is 32.2 Å². The van der Waals surface area contributed by atoms with Crippen molar-refractivity contribution in [1.29, 1.82) is 0 Å². The topological polar surface area (TPSA) is 68.2 Å². The lowest BCUT2D eigenvalue weighted by Crippen LogP contribution is -2.14. The van der Waals surface area contributed by atoms with Crippen LogP contribution in [0.3, 0.4) is 0 Å². The van der Waals surface area contributed by atoms with E-state index in [0.717, 1.165) is 6.42 Å². The molecule has 0 aromatic carbocycles. The second-order valence-corrected chi connectivity index (χ2v) is 4.06. The Morgan fingerprint density at radius 2 is 2.07 bits per heavy atom. The molecular formula is C9H18N4O. The molecule has 1 rings (SSSR count). The normalized spacial score (nSPS) is 13.3. The van der Waals surface area contributed by atoms with Gasteiger partial charge in [0.25, 0.3) is 5.95 Å². The lowest BCUT2D eigenvalue weighted by atomic mass is 10.0. The highest BCUT2D eigenvalue weighted by Crippen LogP contribution is 2.18. The van der Waals surface area contributed by atoms with Gasteiger partial charge in [-0.1, -0.05) is 13.8 Å². The molecule has 1 aromatic rings. The van der Waals surface area contributed by atoms with Crippen molar-refractivity contribution in [3.05, 3.63) is 5.89 Å². The molecule has 5 nitrogen and oxygen atoms in total. The average molecular weight is 198 g/mol. The maximum absolute atomic E-state index is 5.89. The predicted molar refractivity (Wildman–Crippen MR) is 55.0 cm³/mol. The molecule has 5 heteroatoms. The smallest absolute Gasteiger partial charge is 0.265 e. The minimum Gasteiger partial charge on any atom is -0.344 e. The van der Waals surface area contributed by atoms with E-state index in [1.54, 1.807) is 4.90 Å². The van der Waals surface area contributed by atoms with Gasteiger partial charge in [-0.3, -0.25) is 0 Å². The van der Waals surface area contributed by atoms with Gasteiger partial charge in [-0.25, -0.2) is 0 Å². The quantitative estimate of drug-likeness (QED) is 0.786. The molecule has 0 aliphatic rings. The Hall–Kier alpha value is -1.10. The van der Waals surface area contributed by atoms with Crippen LogP contribution in [0.2, 0.25) is 0 Å². The number of nitrogens with zero attached hydrogens (tertiary/aromatic N) is 3. The summed E-state index contributed by atoms with van der Waals surface area (Å²) in [5, 5.41) is 3.80. The molecule has 0 aliphatic heterocycles. The van der Waals surface area contributed by atoms with E-state index in [1.165, 1.54) is 0 Å². The van der Waals surface area contributed by atoms with Gasteiger partial charge < -0.3 is 15.2 Å². The zero-order valence-electron chi connectivity index (χ0n) is 9.19. The second-order valence-electron chi connectivity index (χ2n) is 4.06. The predicted octanol–water partition coefficient (Wildman–Crippen LogP) is 1.18. The van der Waals surface area contributed by atoms with Gasteiger partial charge in [0, 0.05) is 14.1 Å². The summed E-state index contributed by atoms with van der Waals surface area (Å²) in [4.78, 5) is 5.97. The molecule has 2 N–H and O–H groups in total. The Bertz CT molecular complexity index is 282. The van der Waals surface area contributed by atoms with Crippen LogP contribution in [0.25, 0.3) is 0 Å². The van der Waals surface area contributed by atoms with Gasteiger partial charge in [0.1, 0.15) is 0 Å². The fourth-order valence-corrected chi connectivity index (χ4v) is 1.17. The minimum absolute atomic E-state index is 0.156. The number of hydrogen-bond acceptors (Lipinski definition) is 5. The first-order valence-electron chi connectivity index (χ1n) is 4.77. The van der Waals surface area contributed by atoms with E-state index >= 15 is 0 Å². The van der Waals surface area contributed by atoms with E-state index in [0.29, 0.717) is 17.8 Å². The summed E-state index contributed by atoms with van der Waals surface area (Å²) in [5.41, 5.74) is 5.89. The van der Waals surface area contributed by atoms with Crippen molar-refractivity contribution in [3.8, 4) is 0 Å². The molecule has 0 amide bonds. The lowest BCUT2D eigenvalue weighted by molar-refractivity contribution is 0.335. The first-order valence-corrected chi connectivity index (χ1v) is 4.77. The van der Waals surface area contributed by atoms with Gasteiger partial charge in [0.2, 0.25) is 5.89 Å². The number of nitrogens with two attached hydrogens (primary N) is 1. The van der Waals surface area contributed by atoms with Crippen molar-refractivity contribution < 1.29 is 4.52 Å². The van der Waals surface area contributed by atoms with Gasteiger partial charge in [-0.05, 0) is 17.5 Å². The van der Waals surface area contributed by atoms with Crippen LogP contribution in [-0.4, -0.2) is 24.2 Å². The minimum atomic E-state index is -0.156. The molecule has 0 fully saturated rings. The molecule has 1 atom stereocenters. The molecule has 0 bridgehead atoms. The Labute approximate surface area is 84.3 Å². The summed E-state index contributed by atoms with van der Waals surface area (Å²) in [7, 11) is 3.73. The highest BCUT2D eigenvalue weighted by atomic mass is 16.5. The Balaban J connectivity index is 2.66. The molecule has 14 heavy (non-hydrogen) atoms. The van der Waals surface area contributed by atoms with Crippen LogP contribution in [-0.2, 0) is 0 Å². The summed E-state index contributed by atoms with van der Waals surface area (Å²) in [6.07, 6.45) is 0.856.